The van der Waals surface area contributed by atoms with E-state index in [9.17, 15) is 9.59 Å². The number of allylic oxidation sites excluding steroid dienone is 3. The Bertz CT molecular complexity index is 875. The lowest BCUT2D eigenvalue weighted by atomic mass is 9.61. The summed E-state index contributed by atoms with van der Waals surface area (Å²) in [6.07, 6.45) is 14.1. The standard InChI is InChI=1S/C27H39NO5/c1-7-32-24(29)17-28-23-15-20(31-6)10-11-22(23)27(5)13-12-18-14-21(9-8-19(18)16-27)33-25(30)26(2,3)4/h8-11,15,21-23,28H,7,12-14,16-17H2,1-6H3. The Hall–Kier alpha value is -2.34. The molecule has 1 N–H and O–H groups in total. The molecule has 6 nitrogen and oxygen atoms in total. The molecule has 3 aliphatic rings. The first-order chi connectivity index (χ1) is 15.6. The molecule has 0 amide bonds. The summed E-state index contributed by atoms with van der Waals surface area (Å²) in [4.78, 5) is 24.3. The van der Waals surface area contributed by atoms with Gasteiger partial charge in [-0.3, -0.25) is 14.9 Å². The van der Waals surface area contributed by atoms with E-state index in [0.717, 1.165) is 31.4 Å². The van der Waals surface area contributed by atoms with Gasteiger partial charge in [0.25, 0.3) is 0 Å². The number of methoxy groups -OCH3 is 1. The number of rotatable bonds is 7. The molecule has 0 saturated heterocycles. The number of esters is 2. The van der Waals surface area contributed by atoms with Crippen LogP contribution < -0.4 is 5.32 Å². The van der Waals surface area contributed by atoms with Crippen LogP contribution in [0.15, 0.2) is 47.3 Å². The molecular formula is C27H39NO5. The van der Waals surface area contributed by atoms with E-state index in [2.05, 4.69) is 30.5 Å². The fraction of sp³-hybridized carbons (Fsp3) is 0.630. The molecule has 33 heavy (non-hydrogen) atoms. The minimum Gasteiger partial charge on any atom is -0.497 e. The van der Waals surface area contributed by atoms with Crippen molar-refractivity contribution in [3.05, 3.63) is 47.3 Å². The van der Waals surface area contributed by atoms with Crippen molar-refractivity contribution in [2.24, 2.45) is 16.7 Å². The second-order valence-corrected chi connectivity index (χ2v) is 10.6. The first kappa shape index (κ1) is 25.3. The maximum absolute atomic E-state index is 12.3. The molecular weight excluding hydrogens is 418 g/mol. The first-order valence-electron chi connectivity index (χ1n) is 12.0. The van der Waals surface area contributed by atoms with E-state index < -0.39 is 5.41 Å². The van der Waals surface area contributed by atoms with Gasteiger partial charge in [0, 0.05) is 18.4 Å². The van der Waals surface area contributed by atoms with Gasteiger partial charge in [0.05, 0.1) is 25.7 Å². The largest absolute Gasteiger partial charge is 0.497 e. The zero-order chi connectivity index (χ0) is 24.2. The van der Waals surface area contributed by atoms with Crippen molar-refractivity contribution in [1.29, 1.82) is 0 Å². The van der Waals surface area contributed by atoms with E-state index in [1.54, 1.807) is 7.11 Å². The van der Waals surface area contributed by atoms with Crippen molar-refractivity contribution in [2.75, 3.05) is 20.3 Å². The molecule has 0 radical (unpaired) electrons. The lowest BCUT2D eigenvalue weighted by Gasteiger charge is -2.45. The van der Waals surface area contributed by atoms with Gasteiger partial charge in [0.15, 0.2) is 0 Å². The minimum absolute atomic E-state index is 0.0189. The highest BCUT2D eigenvalue weighted by Crippen LogP contribution is 2.49. The summed E-state index contributed by atoms with van der Waals surface area (Å²) in [6, 6.07) is -0.0189. The average Bonchev–Trinajstić information content (AvgIpc) is 2.77. The van der Waals surface area contributed by atoms with E-state index in [-0.39, 0.29) is 42.0 Å². The van der Waals surface area contributed by atoms with Gasteiger partial charge < -0.3 is 14.2 Å². The lowest BCUT2D eigenvalue weighted by Crippen LogP contribution is -2.46. The Morgan fingerprint density at radius 2 is 1.97 bits per heavy atom. The maximum atomic E-state index is 12.3. The summed E-state index contributed by atoms with van der Waals surface area (Å²) < 4.78 is 16.3. The normalized spacial score (nSPS) is 29.3. The zero-order valence-corrected chi connectivity index (χ0v) is 20.9. The molecule has 0 aromatic heterocycles. The summed E-state index contributed by atoms with van der Waals surface area (Å²) in [5.74, 6) is 0.603. The predicted molar refractivity (Wildman–Crippen MR) is 128 cm³/mol. The van der Waals surface area contributed by atoms with Crippen LogP contribution in [0.4, 0.5) is 0 Å². The number of carbonyl (C=O) groups excluding carboxylic acids is 2. The van der Waals surface area contributed by atoms with Crippen LogP contribution >= 0.6 is 0 Å². The van der Waals surface area contributed by atoms with E-state index in [1.807, 2.05) is 39.8 Å². The molecule has 0 saturated carbocycles. The number of ether oxygens (including phenoxy) is 3. The number of hydrogen-bond donors (Lipinski definition) is 1. The average molecular weight is 458 g/mol. The molecule has 4 unspecified atom stereocenters. The van der Waals surface area contributed by atoms with Crippen LogP contribution in [0.25, 0.3) is 0 Å². The monoisotopic (exact) mass is 457 g/mol. The highest BCUT2D eigenvalue weighted by Gasteiger charge is 2.42. The van der Waals surface area contributed by atoms with Gasteiger partial charge in [0.2, 0.25) is 0 Å². The van der Waals surface area contributed by atoms with Crippen molar-refractivity contribution in [1.82, 2.24) is 5.32 Å². The summed E-state index contributed by atoms with van der Waals surface area (Å²) >= 11 is 0. The van der Waals surface area contributed by atoms with Gasteiger partial charge >= 0.3 is 11.9 Å². The van der Waals surface area contributed by atoms with Gasteiger partial charge in [-0.25, -0.2) is 0 Å². The summed E-state index contributed by atoms with van der Waals surface area (Å²) in [5.41, 5.74) is 2.27. The SMILES string of the molecule is CCOC(=O)CNC1C=C(OC)C=CC1C1(C)CCC2=C(C=CC(OC(=O)C(C)(C)C)C2)C1. The Balaban J connectivity index is 1.70. The van der Waals surface area contributed by atoms with Crippen LogP contribution in [0.3, 0.4) is 0 Å². The van der Waals surface area contributed by atoms with Crippen molar-refractivity contribution in [2.45, 2.75) is 72.4 Å². The van der Waals surface area contributed by atoms with Crippen molar-refractivity contribution >= 4 is 11.9 Å². The van der Waals surface area contributed by atoms with Crippen LogP contribution in [0.1, 0.15) is 60.3 Å². The lowest BCUT2D eigenvalue weighted by molar-refractivity contribution is -0.156. The molecule has 0 spiro atoms. The molecule has 3 rings (SSSR count). The van der Waals surface area contributed by atoms with E-state index >= 15 is 0 Å². The molecule has 0 bridgehead atoms. The Labute approximate surface area is 198 Å². The second kappa shape index (κ2) is 10.3. The van der Waals surface area contributed by atoms with Gasteiger partial charge in [-0.1, -0.05) is 24.6 Å². The molecule has 0 fully saturated rings. The molecule has 4 atom stereocenters. The third-order valence-electron chi connectivity index (χ3n) is 6.90. The topological polar surface area (TPSA) is 73.9 Å². The number of hydrogen-bond acceptors (Lipinski definition) is 6. The Kier molecular flexibility index (Phi) is 7.88. The molecule has 6 heteroatoms. The molecule has 0 aromatic rings. The highest BCUT2D eigenvalue weighted by molar-refractivity contribution is 5.75. The van der Waals surface area contributed by atoms with Crippen molar-refractivity contribution < 1.29 is 23.8 Å². The summed E-state index contributed by atoms with van der Waals surface area (Å²) in [7, 11) is 1.66. The fourth-order valence-corrected chi connectivity index (χ4v) is 4.92. The van der Waals surface area contributed by atoms with E-state index in [0.29, 0.717) is 6.61 Å². The van der Waals surface area contributed by atoms with Crippen LogP contribution in [0, 0.1) is 16.7 Å². The Morgan fingerprint density at radius 3 is 2.64 bits per heavy atom. The molecule has 0 aromatic carbocycles. The van der Waals surface area contributed by atoms with Crippen LogP contribution in [0.2, 0.25) is 0 Å². The maximum Gasteiger partial charge on any atom is 0.319 e. The van der Waals surface area contributed by atoms with Crippen molar-refractivity contribution in [3.8, 4) is 0 Å². The molecule has 3 aliphatic carbocycles. The van der Waals surface area contributed by atoms with Crippen LogP contribution in [-0.4, -0.2) is 44.3 Å². The third kappa shape index (κ3) is 6.17. The Morgan fingerprint density at radius 1 is 1.21 bits per heavy atom. The van der Waals surface area contributed by atoms with Gasteiger partial charge in [-0.2, -0.15) is 0 Å². The highest BCUT2D eigenvalue weighted by atomic mass is 16.5. The van der Waals surface area contributed by atoms with Crippen molar-refractivity contribution in [3.63, 3.8) is 0 Å². The predicted octanol–water partition coefficient (Wildman–Crippen LogP) is 4.63. The van der Waals surface area contributed by atoms with E-state index in [4.69, 9.17) is 14.2 Å². The first-order valence-corrected chi connectivity index (χ1v) is 12.0. The van der Waals surface area contributed by atoms with Crippen LogP contribution in [-0.2, 0) is 23.8 Å². The summed E-state index contributed by atoms with van der Waals surface area (Å²) in [5, 5.41) is 3.38. The zero-order valence-electron chi connectivity index (χ0n) is 20.9. The fourth-order valence-electron chi connectivity index (χ4n) is 4.92. The third-order valence-corrected chi connectivity index (χ3v) is 6.90. The summed E-state index contributed by atoms with van der Waals surface area (Å²) in [6.45, 7) is 10.3. The molecule has 182 valence electrons. The smallest absolute Gasteiger partial charge is 0.319 e. The van der Waals surface area contributed by atoms with E-state index in [1.165, 1.54) is 11.1 Å². The van der Waals surface area contributed by atoms with Gasteiger partial charge in [-0.05, 0) is 76.2 Å². The second-order valence-electron chi connectivity index (χ2n) is 10.6. The molecule has 0 heterocycles. The quantitative estimate of drug-likeness (QED) is 0.562. The van der Waals surface area contributed by atoms with Gasteiger partial charge in [0.1, 0.15) is 11.9 Å². The van der Waals surface area contributed by atoms with Crippen LogP contribution in [0.5, 0.6) is 0 Å². The number of nitrogens with one attached hydrogen (secondary N) is 1. The number of carbonyl (C=O) groups is 2. The minimum atomic E-state index is -0.499. The molecule has 0 aliphatic heterocycles. The van der Waals surface area contributed by atoms with Gasteiger partial charge in [-0.15, -0.1) is 0 Å².